The van der Waals surface area contributed by atoms with Crippen LogP contribution >= 0.6 is 15.9 Å². The van der Waals surface area contributed by atoms with Crippen LogP contribution < -0.4 is 5.32 Å². The summed E-state index contributed by atoms with van der Waals surface area (Å²) in [5.74, 6) is 0.188. The predicted molar refractivity (Wildman–Crippen MR) is 37.3 cm³/mol. The lowest BCUT2D eigenvalue weighted by molar-refractivity contribution is -0.117. The van der Waals surface area contributed by atoms with Gasteiger partial charge in [0.25, 0.3) is 0 Å². The Bertz CT molecular complexity index is 82.5. The number of hydrogen-bond acceptors (Lipinski definition) is 2. The van der Waals surface area contributed by atoms with Crippen molar-refractivity contribution in [2.75, 3.05) is 13.6 Å². The third-order valence-corrected chi connectivity index (χ3v) is 1.31. The number of alkyl halides is 1. The highest BCUT2D eigenvalue weighted by Gasteiger charge is 2.05. The minimum Gasteiger partial charge on any atom is -0.313 e. The van der Waals surface area contributed by atoms with E-state index in [1.807, 2.05) is 6.92 Å². The predicted octanol–water partition coefficient (Wildman–Crippen LogP) is 0.558. The second-order valence-electron chi connectivity index (χ2n) is 1.61. The molecule has 1 atom stereocenters. The molecule has 0 spiro atoms. The van der Waals surface area contributed by atoms with Crippen molar-refractivity contribution in [2.24, 2.45) is 0 Å². The standard InChI is InChI=1S/C5H10BrNO/c1-4(6)5(8)3-7-2/h4,7H,3H2,1-2H3. The lowest BCUT2D eigenvalue weighted by Crippen LogP contribution is -2.23. The molecule has 0 aliphatic heterocycles. The number of hydrogen-bond donors (Lipinski definition) is 1. The van der Waals surface area contributed by atoms with Crippen molar-refractivity contribution in [1.29, 1.82) is 0 Å². The fourth-order valence-electron chi connectivity index (χ4n) is 0.315. The van der Waals surface area contributed by atoms with E-state index in [1.54, 1.807) is 7.05 Å². The van der Waals surface area contributed by atoms with Crippen LogP contribution in [0, 0.1) is 0 Å². The Hall–Kier alpha value is 0.110. The first-order valence-electron chi connectivity index (χ1n) is 2.50. The average molecular weight is 180 g/mol. The highest BCUT2D eigenvalue weighted by molar-refractivity contribution is 9.10. The van der Waals surface area contributed by atoms with Crippen LogP contribution in [0.15, 0.2) is 0 Å². The maximum atomic E-state index is 10.6. The molecule has 3 heteroatoms. The number of ketones is 1. The summed E-state index contributed by atoms with van der Waals surface area (Å²) >= 11 is 3.15. The minimum absolute atomic E-state index is 0.0186. The minimum atomic E-state index is -0.0186. The van der Waals surface area contributed by atoms with Crippen LogP contribution in [0.3, 0.4) is 0 Å². The summed E-state index contributed by atoms with van der Waals surface area (Å²) in [7, 11) is 1.76. The molecule has 8 heavy (non-hydrogen) atoms. The fraction of sp³-hybridized carbons (Fsp3) is 0.800. The van der Waals surface area contributed by atoms with Gasteiger partial charge in [0.05, 0.1) is 11.4 Å². The van der Waals surface area contributed by atoms with Crippen molar-refractivity contribution in [3.8, 4) is 0 Å². The number of carbonyl (C=O) groups is 1. The number of rotatable bonds is 3. The van der Waals surface area contributed by atoms with E-state index in [2.05, 4.69) is 21.2 Å². The van der Waals surface area contributed by atoms with E-state index in [1.165, 1.54) is 0 Å². The molecule has 0 radical (unpaired) electrons. The van der Waals surface area contributed by atoms with Gasteiger partial charge in [0.15, 0.2) is 5.78 Å². The van der Waals surface area contributed by atoms with Crippen LogP contribution in [-0.4, -0.2) is 24.2 Å². The van der Waals surface area contributed by atoms with Crippen molar-refractivity contribution in [2.45, 2.75) is 11.8 Å². The van der Waals surface area contributed by atoms with Crippen molar-refractivity contribution in [1.82, 2.24) is 5.32 Å². The van der Waals surface area contributed by atoms with Gasteiger partial charge in [-0.05, 0) is 14.0 Å². The van der Waals surface area contributed by atoms with Crippen LogP contribution in [0.2, 0.25) is 0 Å². The largest absolute Gasteiger partial charge is 0.313 e. The second kappa shape index (κ2) is 4.04. The third-order valence-electron chi connectivity index (χ3n) is 0.795. The van der Waals surface area contributed by atoms with E-state index in [4.69, 9.17) is 0 Å². The van der Waals surface area contributed by atoms with E-state index in [0.717, 1.165) is 0 Å². The number of Topliss-reactive ketones (excluding diaryl/α,β-unsaturated/α-hetero) is 1. The number of likely N-dealkylation sites (N-methyl/N-ethyl adjacent to an activating group) is 1. The van der Waals surface area contributed by atoms with Gasteiger partial charge in [-0.25, -0.2) is 0 Å². The zero-order valence-corrected chi connectivity index (χ0v) is 6.66. The van der Waals surface area contributed by atoms with Crippen molar-refractivity contribution in [3.63, 3.8) is 0 Å². The van der Waals surface area contributed by atoms with E-state index < -0.39 is 0 Å². The highest BCUT2D eigenvalue weighted by Crippen LogP contribution is 1.96. The summed E-state index contributed by atoms with van der Waals surface area (Å²) in [4.78, 5) is 10.6. The molecule has 0 bridgehead atoms. The molecule has 0 aromatic heterocycles. The molecule has 0 aromatic carbocycles. The van der Waals surface area contributed by atoms with Gasteiger partial charge in [0, 0.05) is 0 Å². The maximum absolute atomic E-state index is 10.6. The van der Waals surface area contributed by atoms with Gasteiger partial charge in [-0.2, -0.15) is 0 Å². The highest BCUT2D eigenvalue weighted by atomic mass is 79.9. The number of nitrogens with one attached hydrogen (secondary N) is 1. The monoisotopic (exact) mass is 179 g/mol. The summed E-state index contributed by atoms with van der Waals surface area (Å²) in [6.45, 7) is 2.27. The molecule has 0 heterocycles. The lowest BCUT2D eigenvalue weighted by atomic mass is 10.3. The lowest BCUT2D eigenvalue weighted by Gasteiger charge is -1.98. The molecule has 0 saturated carbocycles. The summed E-state index contributed by atoms with van der Waals surface area (Å²) in [6.07, 6.45) is 0. The normalized spacial score (nSPS) is 13.4. The first-order valence-corrected chi connectivity index (χ1v) is 3.41. The fourth-order valence-corrected chi connectivity index (χ4v) is 0.477. The van der Waals surface area contributed by atoms with E-state index in [-0.39, 0.29) is 10.6 Å². The Labute approximate surface area is 57.8 Å². The number of carbonyl (C=O) groups excluding carboxylic acids is 1. The Balaban J connectivity index is 3.33. The van der Waals surface area contributed by atoms with Gasteiger partial charge in [-0.1, -0.05) is 15.9 Å². The molecule has 0 saturated heterocycles. The SMILES string of the molecule is CNCC(=O)C(C)Br. The summed E-state index contributed by atoms with van der Waals surface area (Å²) in [5.41, 5.74) is 0. The van der Waals surface area contributed by atoms with E-state index >= 15 is 0 Å². The molecule has 0 aromatic rings. The first-order chi connectivity index (χ1) is 3.68. The zero-order chi connectivity index (χ0) is 6.57. The Morgan fingerprint density at radius 2 is 2.38 bits per heavy atom. The molecule has 0 aliphatic carbocycles. The van der Waals surface area contributed by atoms with E-state index in [9.17, 15) is 4.79 Å². The quantitative estimate of drug-likeness (QED) is 0.643. The van der Waals surface area contributed by atoms with Gasteiger partial charge in [-0.15, -0.1) is 0 Å². The number of halogens is 1. The van der Waals surface area contributed by atoms with Gasteiger partial charge >= 0.3 is 0 Å². The van der Waals surface area contributed by atoms with Crippen LogP contribution in [0.4, 0.5) is 0 Å². The van der Waals surface area contributed by atoms with E-state index in [0.29, 0.717) is 6.54 Å². The summed E-state index contributed by atoms with van der Waals surface area (Å²) in [5, 5.41) is 2.77. The first kappa shape index (κ1) is 8.11. The van der Waals surface area contributed by atoms with Crippen LogP contribution in [-0.2, 0) is 4.79 Å². The van der Waals surface area contributed by atoms with Gasteiger partial charge in [0.2, 0.25) is 0 Å². The molecule has 0 aliphatic rings. The Kier molecular flexibility index (Phi) is 4.09. The van der Waals surface area contributed by atoms with Crippen LogP contribution in [0.5, 0.6) is 0 Å². The second-order valence-corrected chi connectivity index (χ2v) is 2.99. The molecule has 1 unspecified atom stereocenters. The third kappa shape index (κ3) is 3.16. The molecule has 0 amide bonds. The smallest absolute Gasteiger partial charge is 0.159 e. The molecular weight excluding hydrogens is 170 g/mol. The van der Waals surface area contributed by atoms with Crippen molar-refractivity contribution >= 4 is 21.7 Å². The summed E-state index contributed by atoms with van der Waals surface area (Å²) in [6, 6.07) is 0. The van der Waals surface area contributed by atoms with Gasteiger partial charge < -0.3 is 5.32 Å². The summed E-state index contributed by atoms with van der Waals surface area (Å²) < 4.78 is 0. The topological polar surface area (TPSA) is 29.1 Å². The van der Waals surface area contributed by atoms with Gasteiger partial charge in [-0.3, -0.25) is 4.79 Å². The van der Waals surface area contributed by atoms with Crippen LogP contribution in [0.25, 0.3) is 0 Å². The molecule has 0 rings (SSSR count). The molecule has 1 N–H and O–H groups in total. The zero-order valence-electron chi connectivity index (χ0n) is 5.07. The van der Waals surface area contributed by atoms with Gasteiger partial charge in [0.1, 0.15) is 0 Å². The average Bonchev–Trinajstić information content (AvgIpc) is 1.67. The Morgan fingerprint density at radius 3 is 2.50 bits per heavy atom. The van der Waals surface area contributed by atoms with Crippen molar-refractivity contribution < 1.29 is 4.79 Å². The molecule has 0 fully saturated rings. The molecule has 2 nitrogen and oxygen atoms in total. The Morgan fingerprint density at radius 1 is 1.88 bits per heavy atom. The molecule has 48 valence electrons. The molecular formula is C5H10BrNO. The van der Waals surface area contributed by atoms with Crippen molar-refractivity contribution in [3.05, 3.63) is 0 Å². The maximum Gasteiger partial charge on any atom is 0.159 e. The van der Waals surface area contributed by atoms with Crippen LogP contribution in [0.1, 0.15) is 6.92 Å².